The zero-order valence-electron chi connectivity index (χ0n) is 16.0. The summed E-state index contributed by atoms with van der Waals surface area (Å²) >= 11 is 4.41. The Kier molecular flexibility index (Phi) is 6.29. The molecular weight excluding hydrogens is 396 g/mol. The van der Waals surface area contributed by atoms with Gasteiger partial charge in [-0.25, -0.2) is 0 Å². The van der Waals surface area contributed by atoms with Gasteiger partial charge in [0.15, 0.2) is 0 Å². The first-order valence-corrected chi connectivity index (χ1v) is 11.7. The summed E-state index contributed by atoms with van der Waals surface area (Å²) < 4.78 is 7.25. The molecule has 1 aromatic carbocycles. The van der Waals surface area contributed by atoms with Gasteiger partial charge in [-0.15, -0.1) is 23.5 Å². The lowest BCUT2D eigenvalue weighted by molar-refractivity contribution is 0.102. The number of nitrogens with one attached hydrogen (secondary N) is 1. The number of amides is 1. The van der Waals surface area contributed by atoms with E-state index in [1.807, 2.05) is 31.0 Å². The molecule has 2 aromatic heterocycles. The van der Waals surface area contributed by atoms with Gasteiger partial charge in [0.05, 0.1) is 33.4 Å². The molecule has 5 nitrogen and oxygen atoms in total. The predicted molar refractivity (Wildman–Crippen MR) is 116 cm³/mol. The lowest BCUT2D eigenvalue weighted by atomic mass is 10.1. The Balaban J connectivity index is 1.86. The molecule has 0 aliphatic rings. The number of benzene rings is 1. The largest absolute Gasteiger partial charge is 0.319 e. The predicted octanol–water partition coefficient (Wildman–Crippen LogP) is 5.01. The van der Waals surface area contributed by atoms with Gasteiger partial charge in [-0.1, -0.05) is 29.8 Å². The lowest BCUT2D eigenvalue weighted by Crippen LogP contribution is -2.14. The molecule has 27 heavy (non-hydrogen) atoms. The van der Waals surface area contributed by atoms with Crippen molar-refractivity contribution in [2.75, 3.05) is 17.8 Å². The molecule has 0 radical (unpaired) electrons. The zero-order valence-corrected chi connectivity index (χ0v) is 18.4. The van der Waals surface area contributed by atoms with Gasteiger partial charge in [-0.2, -0.15) is 9.47 Å². The topological polar surface area (TPSA) is 59.8 Å². The highest BCUT2D eigenvalue weighted by Crippen LogP contribution is 2.33. The van der Waals surface area contributed by atoms with E-state index in [9.17, 15) is 4.79 Å². The number of aromatic nitrogens is 3. The highest BCUT2D eigenvalue weighted by atomic mass is 32.2. The fourth-order valence-corrected chi connectivity index (χ4v) is 5.08. The van der Waals surface area contributed by atoms with Gasteiger partial charge < -0.3 is 5.32 Å². The van der Waals surface area contributed by atoms with Crippen LogP contribution in [0.2, 0.25) is 0 Å². The van der Waals surface area contributed by atoms with E-state index in [0.29, 0.717) is 12.1 Å². The molecule has 0 unspecified atom stereocenters. The minimum atomic E-state index is -0.126. The molecule has 1 N–H and O–H groups in total. The molecule has 0 saturated heterocycles. The van der Waals surface area contributed by atoms with Crippen LogP contribution >= 0.6 is 35.1 Å². The van der Waals surface area contributed by atoms with Crippen LogP contribution in [0.5, 0.6) is 0 Å². The third kappa shape index (κ3) is 4.23. The van der Waals surface area contributed by atoms with E-state index in [-0.39, 0.29) is 5.91 Å². The minimum absolute atomic E-state index is 0.126. The van der Waals surface area contributed by atoms with Crippen molar-refractivity contribution in [3.05, 3.63) is 52.3 Å². The number of anilines is 1. The second-order valence-electron chi connectivity index (χ2n) is 6.20. The fraction of sp³-hybridized carbons (Fsp3) is 0.316. The summed E-state index contributed by atoms with van der Waals surface area (Å²) in [5.41, 5.74) is 5.61. The van der Waals surface area contributed by atoms with E-state index in [0.717, 1.165) is 26.3 Å². The third-order valence-corrected chi connectivity index (χ3v) is 7.05. The Hall–Kier alpha value is -1.77. The molecule has 1 amide bonds. The van der Waals surface area contributed by atoms with Crippen LogP contribution in [0.15, 0.2) is 33.5 Å². The summed E-state index contributed by atoms with van der Waals surface area (Å²) in [5, 5.41) is 8.46. The maximum absolute atomic E-state index is 12.9. The number of hydrogen-bond donors (Lipinski definition) is 1. The number of aryl methyl sites for hydroxylation is 2. The molecule has 0 aliphatic heterocycles. The number of hydrogen-bond acceptors (Lipinski definition) is 6. The second kappa shape index (κ2) is 8.50. The molecule has 3 rings (SSSR count). The highest BCUT2D eigenvalue weighted by molar-refractivity contribution is 8.01. The quantitative estimate of drug-likeness (QED) is 0.570. The molecule has 8 heteroatoms. The summed E-state index contributed by atoms with van der Waals surface area (Å²) in [4.78, 5) is 12.9. The van der Waals surface area contributed by atoms with Gasteiger partial charge in [0.2, 0.25) is 0 Å². The number of thioether (sulfide) groups is 2. The molecule has 0 bridgehead atoms. The van der Waals surface area contributed by atoms with E-state index in [1.165, 1.54) is 34.4 Å². The molecular formula is C19H22N4OS3. The number of carbonyl (C=O) groups excluding carboxylic acids is 1. The standard InChI is InChI=1S/C19H22N4OS3/c1-11-6-8-14(9-7-11)10-23-13(3)16(12(2)21-23)20-17(24)15-18(25-4)22-27-19(15)26-5/h6-9H,10H2,1-5H3,(H,20,24). The zero-order chi connectivity index (χ0) is 19.6. The van der Waals surface area contributed by atoms with Gasteiger partial charge in [0, 0.05) is 0 Å². The van der Waals surface area contributed by atoms with Crippen LogP contribution in [0.1, 0.15) is 32.9 Å². The van der Waals surface area contributed by atoms with E-state index in [1.54, 1.807) is 11.8 Å². The smallest absolute Gasteiger partial charge is 0.260 e. The summed E-state index contributed by atoms with van der Waals surface area (Å²) in [6.45, 7) is 6.66. The maximum Gasteiger partial charge on any atom is 0.260 e. The number of carbonyl (C=O) groups is 1. The highest BCUT2D eigenvalue weighted by Gasteiger charge is 2.22. The summed E-state index contributed by atoms with van der Waals surface area (Å²) in [7, 11) is 0. The first-order valence-electron chi connectivity index (χ1n) is 8.43. The Labute approximate surface area is 172 Å². The monoisotopic (exact) mass is 418 g/mol. The van der Waals surface area contributed by atoms with Crippen molar-refractivity contribution in [3.63, 3.8) is 0 Å². The molecule has 0 aliphatic carbocycles. The van der Waals surface area contributed by atoms with E-state index in [4.69, 9.17) is 0 Å². The Morgan fingerprint density at radius 2 is 1.85 bits per heavy atom. The first-order chi connectivity index (χ1) is 12.9. The van der Waals surface area contributed by atoms with Crippen molar-refractivity contribution in [1.82, 2.24) is 14.2 Å². The van der Waals surface area contributed by atoms with Crippen molar-refractivity contribution >= 4 is 46.7 Å². The first kappa shape index (κ1) is 20.0. The molecule has 2 heterocycles. The van der Waals surface area contributed by atoms with Crippen molar-refractivity contribution in [3.8, 4) is 0 Å². The number of rotatable bonds is 6. The van der Waals surface area contributed by atoms with Crippen LogP contribution in [0.25, 0.3) is 0 Å². The van der Waals surface area contributed by atoms with E-state index >= 15 is 0 Å². The SMILES string of the molecule is CSc1nsc(SC)c1C(=O)Nc1c(C)nn(Cc2ccc(C)cc2)c1C. The molecule has 0 fully saturated rings. The van der Waals surface area contributed by atoms with E-state index < -0.39 is 0 Å². The Bertz CT molecular complexity index is 939. The maximum atomic E-state index is 12.9. The van der Waals surface area contributed by atoms with Crippen molar-refractivity contribution < 1.29 is 4.79 Å². The fourth-order valence-electron chi connectivity index (χ4n) is 2.80. The van der Waals surface area contributed by atoms with Crippen LogP contribution in [0, 0.1) is 20.8 Å². The van der Waals surface area contributed by atoms with Crippen LogP contribution < -0.4 is 5.32 Å². The Morgan fingerprint density at radius 3 is 2.48 bits per heavy atom. The summed E-state index contributed by atoms with van der Waals surface area (Å²) in [6.07, 6.45) is 3.90. The van der Waals surface area contributed by atoms with Gasteiger partial charge in [-0.05, 0) is 50.4 Å². The van der Waals surface area contributed by atoms with Crippen molar-refractivity contribution in [2.45, 2.75) is 36.6 Å². The van der Waals surface area contributed by atoms with Crippen LogP contribution in [0.3, 0.4) is 0 Å². The molecule has 0 atom stereocenters. The average molecular weight is 419 g/mol. The molecule has 0 saturated carbocycles. The minimum Gasteiger partial charge on any atom is -0.319 e. The number of nitrogens with zero attached hydrogens (tertiary/aromatic N) is 3. The van der Waals surface area contributed by atoms with Gasteiger partial charge in [0.1, 0.15) is 5.03 Å². The van der Waals surface area contributed by atoms with Crippen LogP contribution in [-0.4, -0.2) is 32.6 Å². The van der Waals surface area contributed by atoms with E-state index in [2.05, 4.69) is 46.0 Å². The van der Waals surface area contributed by atoms with Crippen LogP contribution in [-0.2, 0) is 6.54 Å². The van der Waals surface area contributed by atoms with Gasteiger partial charge in [-0.3, -0.25) is 9.48 Å². The van der Waals surface area contributed by atoms with Crippen molar-refractivity contribution in [1.29, 1.82) is 0 Å². The molecule has 3 aromatic rings. The third-order valence-electron chi connectivity index (χ3n) is 4.31. The van der Waals surface area contributed by atoms with Gasteiger partial charge >= 0.3 is 0 Å². The van der Waals surface area contributed by atoms with Crippen LogP contribution in [0.4, 0.5) is 5.69 Å². The molecule has 0 spiro atoms. The lowest BCUT2D eigenvalue weighted by Gasteiger charge is -2.08. The summed E-state index contributed by atoms with van der Waals surface area (Å²) in [6, 6.07) is 8.41. The normalized spacial score (nSPS) is 11.0. The molecule has 142 valence electrons. The second-order valence-corrected chi connectivity index (χ2v) is 8.84. The Morgan fingerprint density at radius 1 is 1.15 bits per heavy atom. The summed E-state index contributed by atoms with van der Waals surface area (Å²) in [5.74, 6) is -0.126. The van der Waals surface area contributed by atoms with Crippen molar-refractivity contribution in [2.24, 2.45) is 0 Å². The van der Waals surface area contributed by atoms with Gasteiger partial charge in [0.25, 0.3) is 5.91 Å². The average Bonchev–Trinajstić information content (AvgIpc) is 3.19.